The fourth-order valence-corrected chi connectivity index (χ4v) is 1.07. The summed E-state index contributed by atoms with van der Waals surface area (Å²) in [5.41, 5.74) is 0.759. The zero-order valence-corrected chi connectivity index (χ0v) is 8.93. The van der Waals surface area contributed by atoms with Gasteiger partial charge in [0.1, 0.15) is 13.3 Å². The Hall–Kier alpha value is -2.11. The fourth-order valence-electron chi connectivity index (χ4n) is 1.07. The lowest BCUT2D eigenvalue weighted by molar-refractivity contribution is -0.139. The molecule has 0 aliphatic heterocycles. The van der Waals surface area contributed by atoms with Crippen LogP contribution in [0.5, 0.6) is 0 Å². The molecule has 5 nitrogen and oxygen atoms in total. The number of ether oxygens (including phenoxy) is 1. The molecule has 1 amide bonds. The molecule has 1 atom stereocenters. The second-order valence-corrected chi connectivity index (χ2v) is 3.25. The van der Waals surface area contributed by atoms with E-state index >= 15 is 0 Å². The number of carbonyl (C=O) groups excluding carboxylic acids is 1. The maximum Gasteiger partial charge on any atom is 0.408 e. The Morgan fingerprint density at radius 3 is 2.53 bits per heavy atom. The van der Waals surface area contributed by atoms with Crippen LogP contribution in [0.3, 0.4) is 0 Å². The molecule has 0 radical (unpaired) electrons. The highest BCUT2D eigenvalue weighted by Gasteiger charge is 2.20. The topological polar surface area (TPSA) is 75.6 Å². The van der Waals surface area contributed by atoms with E-state index in [-0.39, 0.29) is 6.61 Å². The molecule has 0 spiro atoms. The van der Waals surface area contributed by atoms with Crippen LogP contribution in [0.15, 0.2) is 30.3 Å². The third-order valence-electron chi connectivity index (χ3n) is 1.96. The summed E-state index contributed by atoms with van der Waals surface area (Å²) in [6.07, 6.45) is -0.959. The number of carbonyl (C=O) groups is 2. The van der Waals surface area contributed by atoms with E-state index in [2.05, 4.69) is 0 Å². The van der Waals surface area contributed by atoms with Gasteiger partial charge in [0.25, 0.3) is 0 Å². The molecule has 0 bridgehead atoms. The third-order valence-corrected chi connectivity index (χ3v) is 1.96. The first-order valence-corrected chi connectivity index (χ1v) is 4.89. The van der Waals surface area contributed by atoms with Gasteiger partial charge < -0.3 is 15.2 Å². The Bertz CT molecular complexity index is 382. The number of aliphatic carboxylic acids is 1. The summed E-state index contributed by atoms with van der Waals surface area (Å²) in [5, 5.41) is 10.4. The van der Waals surface area contributed by atoms with Crippen molar-refractivity contribution in [3.63, 3.8) is 0 Å². The number of amides is 1. The predicted molar refractivity (Wildman–Crippen MR) is 57.2 cm³/mol. The van der Waals surface area contributed by atoms with Crippen LogP contribution in [0.2, 0.25) is 0 Å². The Morgan fingerprint density at radius 1 is 1.35 bits per heavy atom. The zero-order chi connectivity index (χ0) is 12.7. The van der Waals surface area contributed by atoms with E-state index in [0.29, 0.717) is 0 Å². The number of alkyl carbamates (subject to hydrolysis) is 1. The molecule has 6 heteroatoms. The van der Waals surface area contributed by atoms with Gasteiger partial charge in [0, 0.05) is 0 Å². The van der Waals surface area contributed by atoms with E-state index in [0.717, 1.165) is 5.56 Å². The Balaban J connectivity index is 2.37. The van der Waals surface area contributed by atoms with Crippen molar-refractivity contribution < 1.29 is 23.8 Å². The van der Waals surface area contributed by atoms with E-state index in [1.54, 1.807) is 24.3 Å². The summed E-state index contributed by atoms with van der Waals surface area (Å²) in [6, 6.07) is 7.29. The average Bonchev–Trinajstić information content (AvgIpc) is 2.34. The Morgan fingerprint density at radius 2 is 2.00 bits per heavy atom. The quantitative estimate of drug-likeness (QED) is 0.815. The van der Waals surface area contributed by atoms with Crippen molar-refractivity contribution >= 4 is 12.1 Å². The maximum absolute atomic E-state index is 12.2. The molecule has 0 aliphatic carbocycles. The summed E-state index contributed by atoms with van der Waals surface area (Å²) in [5.74, 6) is -1.44. The lowest BCUT2D eigenvalue weighted by Gasteiger charge is -2.11. The van der Waals surface area contributed by atoms with Crippen LogP contribution < -0.4 is 5.32 Å². The largest absolute Gasteiger partial charge is 0.480 e. The third kappa shape index (κ3) is 4.50. The number of nitrogens with one attached hydrogen (secondary N) is 1. The molecule has 0 fully saturated rings. The van der Waals surface area contributed by atoms with E-state index < -0.39 is 24.8 Å². The molecule has 0 heterocycles. The van der Waals surface area contributed by atoms with Crippen LogP contribution >= 0.6 is 0 Å². The van der Waals surface area contributed by atoms with Gasteiger partial charge in [-0.2, -0.15) is 0 Å². The summed E-state index contributed by atoms with van der Waals surface area (Å²) in [7, 11) is 0. The minimum atomic E-state index is -1.57. The number of carboxylic acid groups (broad SMARTS) is 1. The van der Waals surface area contributed by atoms with E-state index in [9.17, 15) is 14.0 Å². The lowest BCUT2D eigenvalue weighted by Crippen LogP contribution is -2.42. The molecule has 1 aromatic rings. The summed E-state index contributed by atoms with van der Waals surface area (Å²) in [4.78, 5) is 21.6. The van der Waals surface area contributed by atoms with Crippen molar-refractivity contribution in [3.8, 4) is 0 Å². The first kappa shape index (κ1) is 13.0. The van der Waals surface area contributed by atoms with E-state index in [1.165, 1.54) is 0 Å². The molecule has 0 aliphatic rings. The van der Waals surface area contributed by atoms with Gasteiger partial charge in [-0.25, -0.2) is 14.0 Å². The average molecular weight is 241 g/mol. The number of halogens is 1. The SMILES string of the molecule is O=C(N[C@H](CF)C(=O)O)OCc1ccccc1. The number of rotatable bonds is 5. The zero-order valence-electron chi connectivity index (χ0n) is 8.93. The highest BCUT2D eigenvalue weighted by molar-refractivity contribution is 5.79. The summed E-state index contributed by atoms with van der Waals surface area (Å²) in [6.45, 7) is -1.18. The van der Waals surface area contributed by atoms with Crippen LogP contribution in [-0.2, 0) is 16.1 Å². The standard InChI is InChI=1S/C11H12FNO4/c12-6-9(10(14)15)13-11(16)17-7-8-4-2-1-3-5-8/h1-5,9H,6-7H2,(H,13,16)(H,14,15)/t9-/m1/s1. The molecule has 0 saturated carbocycles. The summed E-state index contributed by atoms with van der Waals surface area (Å²) < 4.78 is 16.9. The molecular formula is C11H12FNO4. The molecule has 1 rings (SSSR count). The van der Waals surface area contributed by atoms with Crippen LogP contribution in [0.4, 0.5) is 9.18 Å². The number of hydrogen-bond acceptors (Lipinski definition) is 3. The first-order chi connectivity index (χ1) is 8.13. The van der Waals surface area contributed by atoms with Crippen molar-refractivity contribution in [1.82, 2.24) is 5.32 Å². The van der Waals surface area contributed by atoms with Crippen molar-refractivity contribution in [3.05, 3.63) is 35.9 Å². The lowest BCUT2D eigenvalue weighted by atomic mass is 10.2. The Kier molecular flexibility index (Phi) is 4.93. The highest BCUT2D eigenvalue weighted by Crippen LogP contribution is 2.00. The molecule has 17 heavy (non-hydrogen) atoms. The van der Waals surface area contributed by atoms with Crippen molar-refractivity contribution in [2.24, 2.45) is 0 Å². The molecule has 0 unspecified atom stereocenters. The number of hydrogen-bond donors (Lipinski definition) is 2. The number of carboxylic acids is 1. The van der Waals surface area contributed by atoms with Crippen LogP contribution in [0.25, 0.3) is 0 Å². The van der Waals surface area contributed by atoms with Gasteiger partial charge in [-0.15, -0.1) is 0 Å². The van der Waals surface area contributed by atoms with Crippen molar-refractivity contribution in [1.29, 1.82) is 0 Å². The number of alkyl halides is 1. The van der Waals surface area contributed by atoms with Gasteiger partial charge in [0.05, 0.1) is 0 Å². The van der Waals surface area contributed by atoms with Crippen molar-refractivity contribution in [2.75, 3.05) is 6.67 Å². The second-order valence-electron chi connectivity index (χ2n) is 3.25. The molecule has 0 saturated heterocycles. The second kappa shape index (κ2) is 6.47. The van der Waals surface area contributed by atoms with Crippen LogP contribution in [0.1, 0.15) is 5.56 Å². The van der Waals surface area contributed by atoms with Gasteiger partial charge in [-0.1, -0.05) is 30.3 Å². The molecule has 2 N–H and O–H groups in total. The predicted octanol–water partition coefficient (Wildman–Crippen LogP) is 1.34. The van der Waals surface area contributed by atoms with Gasteiger partial charge in [-0.3, -0.25) is 0 Å². The highest BCUT2D eigenvalue weighted by atomic mass is 19.1. The fraction of sp³-hybridized carbons (Fsp3) is 0.273. The number of benzene rings is 1. The first-order valence-electron chi connectivity index (χ1n) is 4.89. The van der Waals surface area contributed by atoms with Gasteiger partial charge in [0.2, 0.25) is 0 Å². The van der Waals surface area contributed by atoms with Gasteiger partial charge in [0.15, 0.2) is 6.04 Å². The normalized spacial score (nSPS) is 11.6. The smallest absolute Gasteiger partial charge is 0.408 e. The van der Waals surface area contributed by atoms with Gasteiger partial charge in [-0.05, 0) is 5.56 Å². The minimum Gasteiger partial charge on any atom is -0.480 e. The maximum atomic E-state index is 12.2. The van der Waals surface area contributed by atoms with Crippen LogP contribution in [0, 0.1) is 0 Å². The van der Waals surface area contributed by atoms with E-state index in [1.807, 2.05) is 11.4 Å². The molecule has 0 aromatic heterocycles. The van der Waals surface area contributed by atoms with Gasteiger partial charge >= 0.3 is 12.1 Å². The minimum absolute atomic E-state index is 0.00526. The van der Waals surface area contributed by atoms with Crippen molar-refractivity contribution in [2.45, 2.75) is 12.6 Å². The van der Waals surface area contributed by atoms with E-state index in [4.69, 9.17) is 9.84 Å². The molecule has 1 aromatic carbocycles. The van der Waals surface area contributed by atoms with Crippen LogP contribution in [-0.4, -0.2) is 29.9 Å². The Labute approximate surface area is 97.2 Å². The molecular weight excluding hydrogens is 229 g/mol. The monoisotopic (exact) mass is 241 g/mol. The summed E-state index contributed by atoms with van der Waals surface area (Å²) >= 11 is 0. The molecule has 92 valence electrons.